The lowest BCUT2D eigenvalue weighted by Gasteiger charge is -2.26. The number of imidazole rings is 1. The van der Waals surface area contributed by atoms with Gasteiger partial charge in [0.05, 0.1) is 12.1 Å². The zero-order valence-corrected chi connectivity index (χ0v) is 16.1. The quantitative estimate of drug-likeness (QED) is 0.676. The van der Waals surface area contributed by atoms with Crippen molar-refractivity contribution in [3.8, 4) is 6.07 Å². The van der Waals surface area contributed by atoms with Gasteiger partial charge in [0.1, 0.15) is 17.4 Å². The highest BCUT2D eigenvalue weighted by Gasteiger charge is 2.27. The summed E-state index contributed by atoms with van der Waals surface area (Å²) in [4.78, 5) is 35.3. The van der Waals surface area contributed by atoms with Crippen LogP contribution in [0.15, 0.2) is 49.3 Å². The van der Waals surface area contributed by atoms with E-state index in [1.807, 2.05) is 6.07 Å². The van der Waals surface area contributed by atoms with Crippen molar-refractivity contribution >= 4 is 34.4 Å². The third kappa shape index (κ3) is 3.93. The van der Waals surface area contributed by atoms with Gasteiger partial charge in [-0.1, -0.05) is 6.07 Å². The number of anilines is 1. The average molecular weight is 404 g/mol. The fourth-order valence-electron chi connectivity index (χ4n) is 3.11. The van der Waals surface area contributed by atoms with Gasteiger partial charge in [0, 0.05) is 42.3 Å². The Morgan fingerprint density at radius 1 is 1.31 bits per heavy atom. The van der Waals surface area contributed by atoms with Crippen LogP contribution >= 0.6 is 11.3 Å². The van der Waals surface area contributed by atoms with Gasteiger partial charge in [-0.05, 0) is 29.7 Å². The molecule has 0 saturated carbocycles. The van der Waals surface area contributed by atoms with Crippen LogP contribution in [0.1, 0.15) is 21.6 Å². The van der Waals surface area contributed by atoms with Crippen molar-refractivity contribution < 1.29 is 9.59 Å². The molecule has 0 unspecified atom stereocenters. The Morgan fingerprint density at radius 2 is 2.21 bits per heavy atom. The van der Waals surface area contributed by atoms with Gasteiger partial charge in [0.2, 0.25) is 5.91 Å². The fourth-order valence-corrected chi connectivity index (χ4v) is 4.33. The summed E-state index contributed by atoms with van der Waals surface area (Å²) in [5.74, 6) is -0.324. The Morgan fingerprint density at radius 3 is 2.93 bits per heavy atom. The van der Waals surface area contributed by atoms with Crippen molar-refractivity contribution in [3.63, 3.8) is 0 Å². The minimum atomic E-state index is -0.324. The molecule has 0 radical (unpaired) electrons. The number of nitrogens with one attached hydrogen (secondary N) is 1. The van der Waals surface area contributed by atoms with Crippen molar-refractivity contribution in [2.75, 3.05) is 11.9 Å². The third-order valence-electron chi connectivity index (χ3n) is 4.51. The van der Waals surface area contributed by atoms with Crippen LogP contribution in [0.25, 0.3) is 6.08 Å². The first-order valence-electron chi connectivity index (χ1n) is 8.86. The SMILES string of the molecule is N#Cc1c(NC(=O)/C=C/c2cccnc2)sc2c1CCN(C(=O)n1ccnc1)C2. The summed E-state index contributed by atoms with van der Waals surface area (Å²) in [6.07, 6.45) is 11.6. The van der Waals surface area contributed by atoms with Crippen molar-refractivity contribution in [1.29, 1.82) is 5.26 Å². The van der Waals surface area contributed by atoms with E-state index in [9.17, 15) is 14.9 Å². The largest absolute Gasteiger partial charge is 0.329 e. The van der Waals surface area contributed by atoms with Gasteiger partial charge < -0.3 is 10.2 Å². The first-order chi connectivity index (χ1) is 14.2. The molecule has 8 nitrogen and oxygen atoms in total. The Kier molecular flexibility index (Phi) is 5.18. The second-order valence-corrected chi connectivity index (χ2v) is 7.46. The van der Waals surface area contributed by atoms with E-state index in [0.717, 1.165) is 16.0 Å². The number of hydrogen-bond donors (Lipinski definition) is 1. The fraction of sp³-hybridized carbons (Fsp3) is 0.150. The molecule has 0 bridgehead atoms. The highest BCUT2D eigenvalue weighted by Crippen LogP contribution is 2.36. The maximum atomic E-state index is 12.5. The summed E-state index contributed by atoms with van der Waals surface area (Å²) in [6.45, 7) is 0.900. The second-order valence-electron chi connectivity index (χ2n) is 6.35. The molecular weight excluding hydrogens is 388 g/mol. The lowest BCUT2D eigenvalue weighted by Crippen LogP contribution is -2.37. The van der Waals surface area contributed by atoms with Crippen LogP contribution in [-0.2, 0) is 17.8 Å². The van der Waals surface area contributed by atoms with E-state index in [-0.39, 0.29) is 11.9 Å². The minimum absolute atomic E-state index is 0.162. The number of aromatic nitrogens is 3. The predicted molar refractivity (Wildman–Crippen MR) is 108 cm³/mol. The standard InChI is InChI=1S/C20H16N6O2S/c21-10-16-15-5-8-25(20(28)26-9-7-23-13-26)12-17(15)29-19(16)24-18(27)4-3-14-2-1-6-22-11-14/h1-4,6-7,9,11,13H,5,8,12H2,(H,24,27)/b4-3+. The Balaban J connectivity index is 1.50. The van der Waals surface area contributed by atoms with Crippen molar-refractivity contribution in [3.05, 3.63) is 70.9 Å². The van der Waals surface area contributed by atoms with E-state index in [4.69, 9.17) is 0 Å². The van der Waals surface area contributed by atoms with Crippen LogP contribution < -0.4 is 5.32 Å². The molecule has 0 aliphatic carbocycles. The van der Waals surface area contributed by atoms with Crippen molar-refractivity contribution in [1.82, 2.24) is 19.4 Å². The molecule has 0 spiro atoms. The number of amides is 2. The Hall–Kier alpha value is -3.77. The van der Waals surface area contributed by atoms with E-state index < -0.39 is 0 Å². The number of carbonyl (C=O) groups is 2. The van der Waals surface area contributed by atoms with Gasteiger partial charge in [-0.25, -0.2) is 9.78 Å². The molecule has 1 N–H and O–H groups in total. The van der Waals surface area contributed by atoms with Crippen LogP contribution in [-0.4, -0.2) is 37.9 Å². The van der Waals surface area contributed by atoms with Gasteiger partial charge in [-0.2, -0.15) is 5.26 Å². The van der Waals surface area contributed by atoms with E-state index in [1.165, 1.54) is 28.3 Å². The lowest BCUT2D eigenvalue weighted by molar-refractivity contribution is -0.111. The summed E-state index contributed by atoms with van der Waals surface area (Å²) in [5.41, 5.74) is 2.18. The molecule has 4 rings (SSSR count). The zero-order chi connectivity index (χ0) is 20.2. The van der Waals surface area contributed by atoms with Crippen LogP contribution in [0.4, 0.5) is 9.80 Å². The average Bonchev–Trinajstić information content (AvgIpc) is 3.39. The summed E-state index contributed by atoms with van der Waals surface area (Å²) >= 11 is 1.34. The number of carbonyl (C=O) groups excluding carboxylic acids is 2. The third-order valence-corrected chi connectivity index (χ3v) is 5.64. The molecule has 2 amide bonds. The minimum Gasteiger partial charge on any atom is -0.319 e. The number of thiophene rings is 1. The van der Waals surface area contributed by atoms with Gasteiger partial charge >= 0.3 is 6.03 Å². The summed E-state index contributed by atoms with van der Waals surface area (Å²) in [6, 6.07) is 5.66. The molecule has 144 valence electrons. The topological polar surface area (TPSA) is 104 Å². The first kappa shape index (κ1) is 18.6. The van der Waals surface area contributed by atoms with Crippen molar-refractivity contribution in [2.24, 2.45) is 0 Å². The molecule has 4 heterocycles. The smallest absolute Gasteiger partial charge is 0.319 e. The monoisotopic (exact) mass is 404 g/mol. The van der Waals surface area contributed by atoms with Crippen LogP contribution in [0.2, 0.25) is 0 Å². The molecule has 9 heteroatoms. The molecular formula is C20H16N6O2S. The predicted octanol–water partition coefficient (Wildman–Crippen LogP) is 2.89. The molecule has 3 aromatic rings. The van der Waals surface area contributed by atoms with E-state index >= 15 is 0 Å². The number of fused-ring (bicyclic) bond motifs is 1. The first-order valence-corrected chi connectivity index (χ1v) is 9.68. The van der Waals surface area contributed by atoms with E-state index in [0.29, 0.717) is 30.1 Å². The normalized spacial score (nSPS) is 13.1. The summed E-state index contributed by atoms with van der Waals surface area (Å²) in [5, 5.41) is 12.9. The van der Waals surface area contributed by atoms with Gasteiger partial charge in [0.15, 0.2) is 0 Å². The molecule has 3 aromatic heterocycles. The van der Waals surface area contributed by atoms with Crippen LogP contribution in [0, 0.1) is 11.3 Å². The number of nitrogens with zero attached hydrogens (tertiary/aromatic N) is 5. The number of rotatable bonds is 3. The van der Waals surface area contributed by atoms with E-state index in [2.05, 4.69) is 21.4 Å². The second kappa shape index (κ2) is 8.08. The number of nitriles is 1. The highest BCUT2D eigenvalue weighted by atomic mass is 32.1. The molecule has 0 saturated heterocycles. The molecule has 1 aliphatic heterocycles. The maximum Gasteiger partial charge on any atom is 0.329 e. The van der Waals surface area contributed by atoms with Gasteiger partial charge in [-0.3, -0.25) is 14.3 Å². The molecule has 0 aromatic carbocycles. The number of hydrogen-bond acceptors (Lipinski definition) is 6. The summed E-state index contributed by atoms with van der Waals surface area (Å²) in [7, 11) is 0. The van der Waals surface area contributed by atoms with E-state index in [1.54, 1.807) is 41.8 Å². The Bertz CT molecular complexity index is 1110. The Labute approximate surface area is 170 Å². The molecule has 1 aliphatic rings. The van der Waals surface area contributed by atoms with Crippen LogP contribution in [0.5, 0.6) is 0 Å². The molecule has 0 atom stereocenters. The summed E-state index contributed by atoms with van der Waals surface area (Å²) < 4.78 is 1.43. The zero-order valence-electron chi connectivity index (χ0n) is 15.3. The van der Waals surface area contributed by atoms with Crippen LogP contribution in [0.3, 0.4) is 0 Å². The van der Waals surface area contributed by atoms with Gasteiger partial charge in [0.25, 0.3) is 0 Å². The lowest BCUT2D eigenvalue weighted by atomic mass is 10.0. The highest BCUT2D eigenvalue weighted by molar-refractivity contribution is 7.16. The molecule has 0 fully saturated rings. The maximum absolute atomic E-state index is 12.5. The number of pyridine rings is 1. The molecule has 29 heavy (non-hydrogen) atoms. The van der Waals surface area contributed by atoms with Crippen molar-refractivity contribution in [2.45, 2.75) is 13.0 Å². The van der Waals surface area contributed by atoms with Gasteiger partial charge in [-0.15, -0.1) is 11.3 Å².